The third-order valence-corrected chi connectivity index (χ3v) is 5.06. The van der Waals surface area contributed by atoms with Gasteiger partial charge in [0, 0.05) is 23.9 Å². The van der Waals surface area contributed by atoms with E-state index in [4.69, 9.17) is 4.98 Å². The van der Waals surface area contributed by atoms with Gasteiger partial charge >= 0.3 is 0 Å². The number of nitrogens with one attached hydrogen (secondary N) is 1. The van der Waals surface area contributed by atoms with E-state index in [-0.39, 0.29) is 23.1 Å². The Morgan fingerprint density at radius 1 is 1.38 bits per heavy atom. The molecule has 1 aliphatic carbocycles. The van der Waals surface area contributed by atoms with Crippen LogP contribution in [0.2, 0.25) is 0 Å². The van der Waals surface area contributed by atoms with Crippen molar-refractivity contribution in [3.05, 3.63) is 34.4 Å². The summed E-state index contributed by atoms with van der Waals surface area (Å²) in [5.74, 6) is 0.610. The van der Waals surface area contributed by atoms with E-state index in [0.29, 0.717) is 17.7 Å². The Labute approximate surface area is 142 Å². The molecule has 0 atom stereocenters. The second-order valence-corrected chi connectivity index (χ2v) is 7.89. The third-order valence-electron chi connectivity index (χ3n) is 5.06. The summed E-state index contributed by atoms with van der Waals surface area (Å²) in [7, 11) is 0. The van der Waals surface area contributed by atoms with Crippen molar-refractivity contribution in [2.75, 3.05) is 11.9 Å². The number of anilines is 1. The first-order chi connectivity index (χ1) is 11.3. The van der Waals surface area contributed by atoms with Crippen molar-refractivity contribution in [1.82, 2.24) is 9.55 Å². The summed E-state index contributed by atoms with van der Waals surface area (Å²) < 4.78 is 1.69. The highest BCUT2D eigenvalue weighted by molar-refractivity contribution is 5.91. The normalized spacial score (nSPS) is 16.9. The Balaban J connectivity index is 2.24. The lowest BCUT2D eigenvalue weighted by atomic mass is 9.77. The van der Waals surface area contributed by atoms with Gasteiger partial charge < -0.3 is 15.0 Å². The number of hydrogen-bond donors (Lipinski definition) is 2. The number of rotatable bonds is 4. The summed E-state index contributed by atoms with van der Waals surface area (Å²) in [4.78, 5) is 17.6. The van der Waals surface area contributed by atoms with Crippen LogP contribution in [0.3, 0.4) is 0 Å². The molecule has 3 rings (SSSR count). The van der Waals surface area contributed by atoms with Crippen LogP contribution in [-0.2, 0) is 12.0 Å². The van der Waals surface area contributed by atoms with Crippen molar-refractivity contribution in [3.63, 3.8) is 0 Å². The Morgan fingerprint density at radius 2 is 2.08 bits per heavy atom. The van der Waals surface area contributed by atoms with Crippen LogP contribution in [-0.4, -0.2) is 26.8 Å². The van der Waals surface area contributed by atoms with Crippen molar-refractivity contribution >= 4 is 16.6 Å². The predicted octanol–water partition coefficient (Wildman–Crippen LogP) is 3.04. The average molecular weight is 329 g/mol. The van der Waals surface area contributed by atoms with Gasteiger partial charge in [0.25, 0.3) is 5.56 Å². The Hall–Kier alpha value is -1.88. The van der Waals surface area contributed by atoms with Gasteiger partial charge in [-0.1, -0.05) is 20.8 Å². The predicted molar refractivity (Wildman–Crippen MR) is 97.7 cm³/mol. The Bertz CT molecular complexity index is 808. The smallest absolute Gasteiger partial charge is 0.262 e. The molecule has 5 heteroatoms. The first-order valence-corrected chi connectivity index (χ1v) is 8.73. The van der Waals surface area contributed by atoms with Crippen LogP contribution < -0.4 is 10.9 Å². The topological polar surface area (TPSA) is 67.2 Å². The lowest BCUT2D eigenvalue weighted by molar-refractivity contribution is 0.144. The lowest BCUT2D eigenvalue weighted by Gasteiger charge is -2.41. The van der Waals surface area contributed by atoms with Gasteiger partial charge in [0.05, 0.1) is 17.5 Å². The number of aryl methyl sites for hydroxylation is 1. The van der Waals surface area contributed by atoms with Crippen LogP contribution in [0.15, 0.2) is 23.1 Å². The SMILES string of the molecule is CCn1ccc2cc(C(C)(C)C)nc(NC3(CO)CCC3)c2c1=O. The molecule has 2 aromatic heterocycles. The van der Waals surface area contributed by atoms with Crippen molar-refractivity contribution in [1.29, 1.82) is 0 Å². The molecule has 5 nitrogen and oxygen atoms in total. The highest BCUT2D eigenvalue weighted by atomic mass is 16.3. The van der Waals surface area contributed by atoms with Crippen molar-refractivity contribution < 1.29 is 5.11 Å². The van der Waals surface area contributed by atoms with Crippen LogP contribution in [0.5, 0.6) is 0 Å². The number of hydrogen-bond acceptors (Lipinski definition) is 4. The second kappa shape index (κ2) is 5.88. The number of nitrogens with zero attached hydrogens (tertiary/aromatic N) is 2. The van der Waals surface area contributed by atoms with E-state index in [1.54, 1.807) is 4.57 Å². The molecule has 2 N–H and O–H groups in total. The molecule has 0 bridgehead atoms. The molecule has 1 saturated carbocycles. The highest BCUT2D eigenvalue weighted by Gasteiger charge is 2.37. The van der Waals surface area contributed by atoms with E-state index >= 15 is 0 Å². The minimum Gasteiger partial charge on any atom is -0.394 e. The van der Waals surface area contributed by atoms with Crippen molar-refractivity contribution in [3.8, 4) is 0 Å². The fraction of sp³-hybridized carbons (Fsp3) is 0.579. The maximum Gasteiger partial charge on any atom is 0.262 e. The van der Waals surface area contributed by atoms with E-state index in [1.807, 2.05) is 25.3 Å². The van der Waals surface area contributed by atoms with E-state index in [9.17, 15) is 9.90 Å². The zero-order valence-electron chi connectivity index (χ0n) is 15.0. The molecule has 0 saturated heterocycles. The fourth-order valence-electron chi connectivity index (χ4n) is 3.20. The van der Waals surface area contributed by atoms with Crippen LogP contribution >= 0.6 is 0 Å². The molecule has 0 unspecified atom stereocenters. The molecule has 24 heavy (non-hydrogen) atoms. The van der Waals surface area contributed by atoms with Gasteiger partial charge in [0.1, 0.15) is 5.82 Å². The molecular formula is C19H27N3O2. The molecular weight excluding hydrogens is 302 g/mol. The second-order valence-electron chi connectivity index (χ2n) is 7.89. The summed E-state index contributed by atoms with van der Waals surface area (Å²) in [5.41, 5.74) is 0.461. The molecule has 0 aliphatic heterocycles. The molecule has 2 heterocycles. The van der Waals surface area contributed by atoms with Crippen LogP contribution in [0, 0.1) is 0 Å². The molecule has 2 aromatic rings. The van der Waals surface area contributed by atoms with E-state index in [2.05, 4.69) is 26.1 Å². The number of aromatic nitrogens is 2. The van der Waals surface area contributed by atoms with E-state index < -0.39 is 0 Å². The van der Waals surface area contributed by atoms with Gasteiger partial charge in [-0.25, -0.2) is 4.98 Å². The molecule has 0 radical (unpaired) electrons. The van der Waals surface area contributed by atoms with E-state index in [1.165, 1.54) is 0 Å². The number of pyridine rings is 2. The summed E-state index contributed by atoms with van der Waals surface area (Å²) in [5, 5.41) is 14.7. The van der Waals surface area contributed by atoms with Crippen molar-refractivity contribution in [2.24, 2.45) is 0 Å². The fourth-order valence-corrected chi connectivity index (χ4v) is 3.20. The molecule has 130 valence electrons. The minimum atomic E-state index is -0.338. The summed E-state index contributed by atoms with van der Waals surface area (Å²) in [6.07, 6.45) is 4.73. The van der Waals surface area contributed by atoms with Gasteiger partial charge in [0.2, 0.25) is 0 Å². The third kappa shape index (κ3) is 2.81. The summed E-state index contributed by atoms with van der Waals surface area (Å²) in [6, 6.07) is 3.99. The monoisotopic (exact) mass is 329 g/mol. The first kappa shape index (κ1) is 17.0. The van der Waals surface area contributed by atoms with Gasteiger partial charge in [-0.2, -0.15) is 0 Å². The molecule has 0 amide bonds. The van der Waals surface area contributed by atoms with Crippen LogP contribution in [0.25, 0.3) is 10.8 Å². The minimum absolute atomic E-state index is 0.0297. The Morgan fingerprint density at radius 3 is 2.58 bits per heavy atom. The van der Waals surface area contributed by atoms with Crippen LogP contribution in [0.1, 0.15) is 52.7 Å². The van der Waals surface area contributed by atoms with Gasteiger partial charge in [-0.05, 0) is 43.7 Å². The molecule has 1 aliphatic rings. The quantitative estimate of drug-likeness (QED) is 0.905. The first-order valence-electron chi connectivity index (χ1n) is 8.73. The van der Waals surface area contributed by atoms with Crippen LogP contribution in [0.4, 0.5) is 5.82 Å². The van der Waals surface area contributed by atoms with Gasteiger partial charge in [-0.15, -0.1) is 0 Å². The molecule has 0 aromatic carbocycles. The van der Waals surface area contributed by atoms with Crippen molar-refractivity contribution in [2.45, 2.75) is 64.5 Å². The summed E-state index contributed by atoms with van der Waals surface area (Å²) in [6.45, 7) is 8.99. The number of fused-ring (bicyclic) bond motifs is 1. The average Bonchev–Trinajstić information content (AvgIpc) is 2.50. The molecule has 1 fully saturated rings. The molecule has 0 spiro atoms. The highest BCUT2D eigenvalue weighted by Crippen LogP contribution is 2.36. The largest absolute Gasteiger partial charge is 0.394 e. The standard InChI is InChI=1S/C19H27N3O2/c1-5-22-10-7-13-11-14(18(2,3)4)20-16(15(13)17(22)24)21-19(12-23)8-6-9-19/h7,10-11,23H,5-6,8-9,12H2,1-4H3,(H,20,21). The zero-order chi connectivity index (χ0) is 17.5. The maximum absolute atomic E-state index is 12.8. The summed E-state index contributed by atoms with van der Waals surface area (Å²) >= 11 is 0. The Kier molecular flexibility index (Phi) is 4.16. The number of aliphatic hydroxyl groups excluding tert-OH is 1. The lowest BCUT2D eigenvalue weighted by Crippen LogP contribution is -2.48. The number of aliphatic hydroxyl groups is 1. The van der Waals surface area contributed by atoms with E-state index in [0.717, 1.165) is 30.3 Å². The van der Waals surface area contributed by atoms with Gasteiger partial charge in [-0.3, -0.25) is 4.79 Å². The zero-order valence-corrected chi connectivity index (χ0v) is 15.0. The van der Waals surface area contributed by atoms with Gasteiger partial charge in [0.15, 0.2) is 0 Å². The maximum atomic E-state index is 12.8.